The molecule has 0 saturated carbocycles. The van der Waals surface area contributed by atoms with Gasteiger partial charge in [-0.3, -0.25) is 9.69 Å². The summed E-state index contributed by atoms with van der Waals surface area (Å²) < 4.78 is 5.00. The van der Waals surface area contributed by atoms with Crippen LogP contribution in [0.5, 0.6) is 0 Å². The molecule has 0 unspecified atom stereocenters. The number of carboxylic acid groups (broad SMARTS) is 1. The summed E-state index contributed by atoms with van der Waals surface area (Å²) >= 11 is 1.56. The number of likely N-dealkylation sites (N-methyl/N-ethyl adjacent to an activating group) is 1. The Morgan fingerprint density at radius 3 is 2.72 bits per heavy atom. The van der Waals surface area contributed by atoms with Gasteiger partial charge in [0.25, 0.3) is 0 Å². The lowest BCUT2D eigenvalue weighted by molar-refractivity contribution is -0.143. The maximum atomic E-state index is 11.5. The second-order valence-electron chi connectivity index (χ2n) is 3.96. The number of benzene rings is 1. The molecule has 0 aliphatic heterocycles. The Balaban J connectivity index is 3.00. The normalized spacial score (nSPS) is 12.7. The van der Waals surface area contributed by atoms with Gasteiger partial charge in [-0.05, 0) is 24.9 Å². The van der Waals surface area contributed by atoms with Crippen LogP contribution < -0.4 is 0 Å². The molecule has 18 heavy (non-hydrogen) atoms. The molecule has 1 N–H and O–H groups in total. The van der Waals surface area contributed by atoms with Gasteiger partial charge in [0.1, 0.15) is 6.04 Å². The molecule has 0 spiro atoms. The van der Waals surface area contributed by atoms with Crippen molar-refractivity contribution in [2.24, 2.45) is 0 Å². The number of ether oxygens (including phenoxy) is 1. The van der Waals surface area contributed by atoms with Crippen molar-refractivity contribution >= 4 is 17.7 Å². The molecule has 1 atom stereocenters. The smallest absolute Gasteiger partial charge is 0.325 e. The van der Waals surface area contributed by atoms with E-state index in [-0.39, 0.29) is 0 Å². The highest BCUT2D eigenvalue weighted by molar-refractivity contribution is 7.98. The number of hydrogen-bond donors (Lipinski definition) is 1. The van der Waals surface area contributed by atoms with E-state index in [0.29, 0.717) is 13.2 Å². The first-order chi connectivity index (χ1) is 8.61. The fourth-order valence-electron chi connectivity index (χ4n) is 1.82. The highest BCUT2D eigenvalue weighted by Crippen LogP contribution is 2.29. The predicted molar refractivity (Wildman–Crippen MR) is 73.1 cm³/mol. The van der Waals surface area contributed by atoms with Crippen molar-refractivity contribution in [3.8, 4) is 0 Å². The number of thioether (sulfide) groups is 1. The number of hydrogen-bond acceptors (Lipinski definition) is 4. The molecule has 1 aromatic rings. The Hall–Kier alpha value is -1.04. The van der Waals surface area contributed by atoms with Crippen LogP contribution in [0.2, 0.25) is 0 Å². The molecule has 0 heterocycles. The van der Waals surface area contributed by atoms with Gasteiger partial charge in [-0.1, -0.05) is 18.2 Å². The van der Waals surface area contributed by atoms with Crippen LogP contribution in [0.3, 0.4) is 0 Å². The quantitative estimate of drug-likeness (QED) is 0.768. The fraction of sp³-hybridized carbons (Fsp3) is 0.462. The molecule has 0 aliphatic carbocycles. The highest BCUT2D eigenvalue weighted by atomic mass is 32.2. The van der Waals surface area contributed by atoms with Crippen LogP contribution in [0.25, 0.3) is 0 Å². The van der Waals surface area contributed by atoms with Crippen molar-refractivity contribution in [2.45, 2.75) is 10.9 Å². The Kier molecular flexibility index (Phi) is 6.18. The molecular weight excluding hydrogens is 250 g/mol. The van der Waals surface area contributed by atoms with E-state index in [1.165, 1.54) is 0 Å². The lowest BCUT2D eigenvalue weighted by Gasteiger charge is -2.26. The molecule has 4 nitrogen and oxygen atoms in total. The average molecular weight is 269 g/mol. The summed E-state index contributed by atoms with van der Waals surface area (Å²) in [5.74, 6) is -0.838. The largest absolute Gasteiger partial charge is 0.480 e. The van der Waals surface area contributed by atoms with Crippen LogP contribution >= 0.6 is 11.8 Å². The van der Waals surface area contributed by atoms with Crippen LogP contribution in [0.1, 0.15) is 11.6 Å². The van der Waals surface area contributed by atoms with Crippen LogP contribution in [-0.4, -0.2) is 49.5 Å². The van der Waals surface area contributed by atoms with E-state index in [1.807, 2.05) is 30.5 Å². The minimum atomic E-state index is -0.838. The van der Waals surface area contributed by atoms with Crippen molar-refractivity contribution in [1.29, 1.82) is 0 Å². The van der Waals surface area contributed by atoms with Gasteiger partial charge in [0, 0.05) is 18.6 Å². The third-order valence-electron chi connectivity index (χ3n) is 2.76. The highest BCUT2D eigenvalue weighted by Gasteiger charge is 2.26. The standard InChI is InChI=1S/C13H19NO3S/c1-14(8-9-17-2)12(13(15)16)10-6-4-5-7-11(10)18-3/h4-7,12H,8-9H2,1-3H3,(H,15,16)/t12-/m1/s1. The summed E-state index contributed by atoms with van der Waals surface area (Å²) in [6.45, 7) is 1.10. The van der Waals surface area contributed by atoms with Crippen LogP contribution in [0.4, 0.5) is 0 Å². The molecule has 0 aliphatic rings. The van der Waals surface area contributed by atoms with Gasteiger partial charge >= 0.3 is 5.97 Å². The minimum Gasteiger partial charge on any atom is -0.480 e. The van der Waals surface area contributed by atoms with Crippen LogP contribution in [0, 0.1) is 0 Å². The van der Waals surface area contributed by atoms with Crippen molar-refractivity contribution < 1.29 is 14.6 Å². The van der Waals surface area contributed by atoms with Gasteiger partial charge in [-0.15, -0.1) is 11.8 Å². The fourth-order valence-corrected chi connectivity index (χ4v) is 2.45. The van der Waals surface area contributed by atoms with E-state index in [4.69, 9.17) is 4.74 Å². The summed E-state index contributed by atoms with van der Waals surface area (Å²) in [6, 6.07) is 6.97. The molecule has 5 heteroatoms. The molecule has 0 fully saturated rings. The maximum absolute atomic E-state index is 11.5. The van der Waals surface area contributed by atoms with E-state index in [9.17, 15) is 9.90 Å². The summed E-state index contributed by atoms with van der Waals surface area (Å²) in [5.41, 5.74) is 0.830. The molecule has 1 rings (SSSR count). The number of nitrogens with zero attached hydrogens (tertiary/aromatic N) is 1. The van der Waals surface area contributed by atoms with Gasteiger partial charge in [0.05, 0.1) is 6.61 Å². The van der Waals surface area contributed by atoms with Gasteiger partial charge in [-0.2, -0.15) is 0 Å². The average Bonchev–Trinajstić information content (AvgIpc) is 2.36. The summed E-state index contributed by atoms with van der Waals surface area (Å²) in [7, 11) is 3.41. The molecule has 0 bridgehead atoms. The Bertz CT molecular complexity index is 398. The van der Waals surface area contributed by atoms with E-state index >= 15 is 0 Å². The third kappa shape index (κ3) is 3.73. The zero-order chi connectivity index (χ0) is 13.5. The third-order valence-corrected chi connectivity index (χ3v) is 3.57. The molecule has 1 aromatic carbocycles. The zero-order valence-corrected chi connectivity index (χ0v) is 11.7. The molecule has 0 radical (unpaired) electrons. The van der Waals surface area contributed by atoms with E-state index in [1.54, 1.807) is 30.8 Å². The Morgan fingerprint density at radius 1 is 1.50 bits per heavy atom. The summed E-state index contributed by atoms with van der Waals surface area (Å²) in [5, 5.41) is 9.42. The number of methoxy groups -OCH3 is 1. The molecule has 0 aromatic heterocycles. The Labute approximate surface area is 112 Å². The first-order valence-corrected chi connectivity index (χ1v) is 6.89. The molecule has 0 saturated heterocycles. The Morgan fingerprint density at radius 2 is 2.17 bits per heavy atom. The summed E-state index contributed by atoms with van der Waals surface area (Å²) in [4.78, 5) is 14.3. The first kappa shape index (κ1) is 15.0. The topological polar surface area (TPSA) is 49.8 Å². The number of aliphatic carboxylic acids is 1. The first-order valence-electron chi connectivity index (χ1n) is 5.66. The van der Waals surface area contributed by atoms with Gasteiger partial charge < -0.3 is 9.84 Å². The zero-order valence-electron chi connectivity index (χ0n) is 10.9. The van der Waals surface area contributed by atoms with Crippen molar-refractivity contribution in [2.75, 3.05) is 33.6 Å². The number of rotatable bonds is 7. The lowest BCUT2D eigenvalue weighted by atomic mass is 10.1. The van der Waals surface area contributed by atoms with Crippen LogP contribution in [0.15, 0.2) is 29.2 Å². The van der Waals surface area contributed by atoms with Gasteiger partial charge in [0.2, 0.25) is 0 Å². The van der Waals surface area contributed by atoms with Gasteiger partial charge in [0.15, 0.2) is 0 Å². The van der Waals surface area contributed by atoms with E-state index in [0.717, 1.165) is 10.5 Å². The monoisotopic (exact) mass is 269 g/mol. The van der Waals surface area contributed by atoms with Gasteiger partial charge in [-0.25, -0.2) is 0 Å². The molecular formula is C13H19NO3S. The second kappa shape index (κ2) is 7.41. The van der Waals surface area contributed by atoms with Crippen molar-refractivity contribution in [1.82, 2.24) is 4.90 Å². The number of carboxylic acids is 1. The SMILES string of the molecule is COCCN(C)[C@@H](C(=O)O)c1ccccc1SC. The van der Waals surface area contributed by atoms with E-state index < -0.39 is 12.0 Å². The van der Waals surface area contributed by atoms with E-state index in [2.05, 4.69) is 0 Å². The van der Waals surface area contributed by atoms with Crippen LogP contribution in [-0.2, 0) is 9.53 Å². The van der Waals surface area contributed by atoms with Crippen molar-refractivity contribution in [3.63, 3.8) is 0 Å². The van der Waals surface area contributed by atoms with Crippen molar-refractivity contribution in [3.05, 3.63) is 29.8 Å². The maximum Gasteiger partial charge on any atom is 0.325 e. The predicted octanol–water partition coefficient (Wildman–Crippen LogP) is 2.11. The number of carbonyl (C=O) groups is 1. The molecule has 0 amide bonds. The lowest BCUT2D eigenvalue weighted by Crippen LogP contribution is -2.33. The second-order valence-corrected chi connectivity index (χ2v) is 4.80. The molecule has 100 valence electrons. The summed E-state index contributed by atoms with van der Waals surface area (Å²) in [6.07, 6.45) is 1.95. The minimum absolute atomic E-state index is 0.516.